The third kappa shape index (κ3) is 2.68. The van der Waals surface area contributed by atoms with Crippen LogP contribution in [0.2, 0.25) is 0 Å². The van der Waals surface area contributed by atoms with Gasteiger partial charge in [0.15, 0.2) is 5.11 Å². The first-order valence-electron chi connectivity index (χ1n) is 6.59. The lowest BCUT2D eigenvalue weighted by Crippen LogP contribution is -2.36. The Bertz CT molecular complexity index is 545. The zero-order chi connectivity index (χ0) is 13.2. The van der Waals surface area contributed by atoms with E-state index in [1.165, 1.54) is 11.3 Å². The summed E-state index contributed by atoms with van der Waals surface area (Å²) in [5.41, 5.74) is 6.40. The van der Waals surface area contributed by atoms with Crippen molar-refractivity contribution in [3.05, 3.63) is 42.0 Å². The molecular weight excluding hydrogens is 254 g/mol. The topological polar surface area (TPSA) is 36.4 Å². The Kier molecular flexibility index (Phi) is 3.34. The third-order valence-corrected chi connectivity index (χ3v) is 3.97. The van der Waals surface area contributed by atoms with Gasteiger partial charge in [0.25, 0.3) is 0 Å². The highest BCUT2D eigenvalue weighted by Gasteiger charge is 2.37. The Balaban J connectivity index is 1.52. The van der Waals surface area contributed by atoms with E-state index in [4.69, 9.17) is 12.2 Å². The molecule has 0 amide bonds. The number of anilines is 1. The monoisotopic (exact) mass is 271 g/mol. The Morgan fingerprint density at radius 2 is 2.11 bits per heavy atom. The summed E-state index contributed by atoms with van der Waals surface area (Å²) in [7, 11) is 0. The van der Waals surface area contributed by atoms with E-state index in [1.807, 2.05) is 12.1 Å². The summed E-state index contributed by atoms with van der Waals surface area (Å²) in [4.78, 5) is 0. The molecule has 2 aliphatic rings. The molecule has 0 aliphatic heterocycles. The molecule has 98 valence electrons. The van der Waals surface area contributed by atoms with Crippen molar-refractivity contribution < 1.29 is 0 Å². The molecule has 0 aromatic heterocycles. The number of benzene rings is 1. The number of allylic oxidation sites excluding steroid dienone is 2. The first-order valence-corrected chi connectivity index (χ1v) is 7.00. The van der Waals surface area contributed by atoms with E-state index in [0.717, 1.165) is 24.4 Å². The number of nitrogens with one attached hydrogen (secondary N) is 2. The molecular formula is C15H17N3S. The van der Waals surface area contributed by atoms with E-state index in [9.17, 15) is 0 Å². The minimum absolute atomic E-state index is 0.547. The van der Waals surface area contributed by atoms with Crippen LogP contribution in [0.15, 0.2) is 41.5 Å². The van der Waals surface area contributed by atoms with Crippen molar-refractivity contribution in [2.75, 3.05) is 5.32 Å². The van der Waals surface area contributed by atoms with Crippen LogP contribution in [0.3, 0.4) is 0 Å². The van der Waals surface area contributed by atoms with Crippen molar-refractivity contribution in [3.63, 3.8) is 0 Å². The Hall–Kier alpha value is -1.68. The van der Waals surface area contributed by atoms with Crippen LogP contribution in [0, 0.1) is 18.8 Å². The maximum Gasteiger partial charge on any atom is 0.191 e. The first kappa shape index (κ1) is 12.4. The third-order valence-electron chi connectivity index (χ3n) is 3.77. The van der Waals surface area contributed by atoms with Crippen molar-refractivity contribution in [1.82, 2.24) is 5.43 Å². The summed E-state index contributed by atoms with van der Waals surface area (Å²) >= 11 is 5.23. The van der Waals surface area contributed by atoms with E-state index < -0.39 is 0 Å². The minimum atomic E-state index is 0.547. The van der Waals surface area contributed by atoms with Gasteiger partial charge >= 0.3 is 0 Å². The minimum Gasteiger partial charge on any atom is -0.331 e. The molecule has 1 aromatic rings. The molecule has 1 fully saturated rings. The van der Waals surface area contributed by atoms with Crippen molar-refractivity contribution in [1.29, 1.82) is 0 Å². The average molecular weight is 271 g/mol. The number of thiocarbonyl (C=S) groups is 1. The van der Waals surface area contributed by atoms with E-state index in [-0.39, 0.29) is 0 Å². The van der Waals surface area contributed by atoms with Crippen LogP contribution in [0.1, 0.15) is 18.4 Å². The fourth-order valence-corrected chi connectivity index (χ4v) is 2.75. The second-order valence-electron chi connectivity index (χ2n) is 5.17. The highest BCUT2D eigenvalue weighted by atomic mass is 32.1. The highest BCUT2D eigenvalue weighted by molar-refractivity contribution is 7.80. The van der Waals surface area contributed by atoms with Crippen molar-refractivity contribution in [2.24, 2.45) is 16.9 Å². The second kappa shape index (κ2) is 5.13. The van der Waals surface area contributed by atoms with E-state index >= 15 is 0 Å². The molecule has 0 radical (unpaired) electrons. The highest BCUT2D eigenvalue weighted by Crippen LogP contribution is 2.39. The van der Waals surface area contributed by atoms with Gasteiger partial charge in [-0.15, -0.1) is 0 Å². The van der Waals surface area contributed by atoms with Gasteiger partial charge in [-0.05, 0) is 50.0 Å². The van der Waals surface area contributed by atoms with Crippen LogP contribution in [-0.2, 0) is 0 Å². The Morgan fingerprint density at radius 3 is 2.84 bits per heavy atom. The van der Waals surface area contributed by atoms with Gasteiger partial charge in [-0.2, -0.15) is 5.10 Å². The predicted molar refractivity (Wildman–Crippen MR) is 83.3 cm³/mol. The van der Waals surface area contributed by atoms with Crippen LogP contribution < -0.4 is 10.7 Å². The summed E-state index contributed by atoms with van der Waals surface area (Å²) in [6.45, 7) is 2.06. The quantitative estimate of drug-likeness (QED) is 0.492. The molecule has 4 heteroatoms. The number of fused-ring (bicyclic) bond motifs is 1. The summed E-state index contributed by atoms with van der Waals surface area (Å²) in [5, 5.41) is 8.09. The zero-order valence-corrected chi connectivity index (χ0v) is 11.7. The predicted octanol–water partition coefficient (Wildman–Crippen LogP) is 3.23. The lowest BCUT2D eigenvalue weighted by atomic mass is 9.74. The number of hydrogen-bond acceptors (Lipinski definition) is 2. The molecule has 1 saturated carbocycles. The fourth-order valence-electron chi connectivity index (χ4n) is 2.58. The van der Waals surface area contributed by atoms with Crippen molar-refractivity contribution in [2.45, 2.75) is 19.8 Å². The van der Waals surface area contributed by atoms with E-state index in [1.54, 1.807) is 0 Å². The molecule has 3 nitrogen and oxygen atoms in total. The second-order valence-corrected chi connectivity index (χ2v) is 5.58. The number of nitrogens with zero attached hydrogens (tertiary/aromatic N) is 1. The molecule has 3 rings (SSSR count). The van der Waals surface area contributed by atoms with E-state index in [0.29, 0.717) is 11.0 Å². The van der Waals surface area contributed by atoms with Gasteiger partial charge in [0, 0.05) is 17.3 Å². The van der Waals surface area contributed by atoms with Gasteiger partial charge < -0.3 is 5.32 Å². The standard InChI is InChI=1S/C15H17N3S/c1-10-5-7-12(8-6-10)16-15(19)18-17-14-9-11-3-2-4-13(11)14/h2-3,5-8,11,13H,4,9H2,1H3,(H2,16,18,19)/b17-14-/t11-,13+/m1/s1. The van der Waals surface area contributed by atoms with Gasteiger partial charge in [-0.25, -0.2) is 0 Å². The maximum absolute atomic E-state index is 5.23. The summed E-state index contributed by atoms with van der Waals surface area (Å²) in [5.74, 6) is 1.34. The summed E-state index contributed by atoms with van der Waals surface area (Å²) < 4.78 is 0. The van der Waals surface area contributed by atoms with Crippen LogP contribution in [0.4, 0.5) is 5.69 Å². The molecule has 0 saturated heterocycles. The fraction of sp³-hybridized carbons (Fsp3) is 0.333. The number of hydrazone groups is 1. The van der Waals surface area contributed by atoms with Gasteiger partial charge in [0.05, 0.1) is 0 Å². The zero-order valence-electron chi connectivity index (χ0n) is 10.9. The number of aryl methyl sites for hydroxylation is 1. The molecule has 2 atom stereocenters. The van der Waals surface area contributed by atoms with Crippen molar-refractivity contribution in [3.8, 4) is 0 Å². The first-order chi connectivity index (χ1) is 9.22. The van der Waals surface area contributed by atoms with Gasteiger partial charge in [0.1, 0.15) is 0 Å². The molecule has 19 heavy (non-hydrogen) atoms. The molecule has 0 bridgehead atoms. The van der Waals surface area contributed by atoms with Gasteiger partial charge in [-0.1, -0.05) is 29.8 Å². The Morgan fingerprint density at radius 1 is 1.32 bits per heavy atom. The van der Waals surface area contributed by atoms with Crippen LogP contribution in [0.5, 0.6) is 0 Å². The smallest absolute Gasteiger partial charge is 0.191 e. The molecule has 2 aliphatic carbocycles. The van der Waals surface area contributed by atoms with Crippen LogP contribution in [0.25, 0.3) is 0 Å². The normalized spacial score (nSPS) is 25.8. The summed E-state index contributed by atoms with van der Waals surface area (Å²) in [6, 6.07) is 8.13. The Labute approximate surface area is 118 Å². The summed E-state index contributed by atoms with van der Waals surface area (Å²) in [6.07, 6.45) is 6.75. The van der Waals surface area contributed by atoms with Gasteiger partial charge in [-0.3, -0.25) is 5.43 Å². The molecule has 0 spiro atoms. The average Bonchev–Trinajstić information content (AvgIpc) is 2.74. The number of hydrogen-bond donors (Lipinski definition) is 2. The molecule has 0 heterocycles. The van der Waals surface area contributed by atoms with E-state index in [2.05, 4.69) is 47.1 Å². The van der Waals surface area contributed by atoms with Crippen LogP contribution in [-0.4, -0.2) is 10.8 Å². The molecule has 0 unspecified atom stereocenters. The van der Waals surface area contributed by atoms with Crippen LogP contribution >= 0.6 is 12.2 Å². The van der Waals surface area contributed by atoms with Gasteiger partial charge in [0.2, 0.25) is 0 Å². The molecule has 1 aromatic carbocycles. The molecule has 2 N–H and O–H groups in total. The number of rotatable bonds is 2. The SMILES string of the molecule is Cc1ccc(NC(=S)N/N=C2/C[C@H]3C=CC[C@H]23)cc1. The lowest BCUT2D eigenvalue weighted by Gasteiger charge is -2.31. The maximum atomic E-state index is 5.23. The largest absolute Gasteiger partial charge is 0.331 e. The lowest BCUT2D eigenvalue weighted by molar-refractivity contribution is 0.463. The van der Waals surface area contributed by atoms with Crippen molar-refractivity contribution >= 4 is 28.7 Å².